The van der Waals surface area contributed by atoms with Crippen LogP contribution in [0.3, 0.4) is 0 Å². The molecular formula is C18H29NOS. The van der Waals surface area contributed by atoms with E-state index in [-0.39, 0.29) is 0 Å². The first-order valence-corrected chi connectivity index (χ1v) is 9.45. The Balaban J connectivity index is 1.84. The quantitative estimate of drug-likeness (QED) is 0.748. The van der Waals surface area contributed by atoms with Crippen molar-refractivity contribution in [3.05, 3.63) is 29.8 Å². The topological polar surface area (TPSA) is 32.3 Å². The summed E-state index contributed by atoms with van der Waals surface area (Å²) in [6.45, 7) is 3.29. The van der Waals surface area contributed by atoms with Gasteiger partial charge < -0.3 is 10.4 Å². The van der Waals surface area contributed by atoms with Gasteiger partial charge in [0.1, 0.15) is 5.75 Å². The number of hydrogen-bond acceptors (Lipinski definition) is 3. The van der Waals surface area contributed by atoms with Gasteiger partial charge in [-0.25, -0.2) is 0 Å². The first-order valence-electron chi connectivity index (χ1n) is 8.41. The number of benzene rings is 1. The lowest BCUT2D eigenvalue weighted by Crippen LogP contribution is -2.34. The Hall–Kier alpha value is -0.670. The van der Waals surface area contributed by atoms with Gasteiger partial charge in [-0.15, -0.1) is 0 Å². The van der Waals surface area contributed by atoms with Gasteiger partial charge in [0.25, 0.3) is 0 Å². The van der Waals surface area contributed by atoms with Crippen molar-refractivity contribution in [3.63, 3.8) is 0 Å². The van der Waals surface area contributed by atoms with E-state index in [1.165, 1.54) is 49.8 Å². The van der Waals surface area contributed by atoms with Crippen molar-refractivity contribution in [2.45, 2.75) is 63.2 Å². The average Bonchev–Trinajstić information content (AvgIpc) is 2.51. The second kappa shape index (κ2) is 9.37. The predicted octanol–water partition coefficient (Wildman–Crippen LogP) is 4.37. The Kier molecular flexibility index (Phi) is 7.45. The molecule has 0 spiro atoms. The molecule has 1 aromatic rings. The van der Waals surface area contributed by atoms with Crippen LogP contribution in [0.2, 0.25) is 0 Å². The van der Waals surface area contributed by atoms with Gasteiger partial charge in [-0.3, -0.25) is 0 Å². The van der Waals surface area contributed by atoms with Crippen LogP contribution in [0, 0.1) is 0 Å². The largest absolute Gasteiger partial charge is 0.508 e. The van der Waals surface area contributed by atoms with Gasteiger partial charge >= 0.3 is 0 Å². The number of thioether (sulfide) groups is 1. The summed E-state index contributed by atoms with van der Waals surface area (Å²) >= 11 is 2.15. The zero-order valence-electron chi connectivity index (χ0n) is 13.2. The summed E-state index contributed by atoms with van der Waals surface area (Å²) in [6.07, 6.45) is 9.24. The highest BCUT2D eigenvalue weighted by molar-refractivity contribution is 7.99. The van der Waals surface area contributed by atoms with Crippen molar-refractivity contribution >= 4 is 11.8 Å². The van der Waals surface area contributed by atoms with E-state index < -0.39 is 0 Å². The molecule has 1 atom stereocenters. The standard InChI is InChI=1S/C18H29NOS/c1-2-11-19-16(12-15-7-6-8-17(20)13-15)14-21-18-9-4-3-5-10-18/h6-8,13,16,18-20H,2-5,9-12,14H2,1H3. The monoisotopic (exact) mass is 307 g/mol. The maximum absolute atomic E-state index is 9.61. The van der Waals surface area contributed by atoms with Gasteiger partial charge in [-0.2, -0.15) is 11.8 Å². The number of aromatic hydroxyl groups is 1. The van der Waals surface area contributed by atoms with Gasteiger partial charge in [-0.05, 0) is 49.9 Å². The molecule has 1 aliphatic rings. The molecule has 1 unspecified atom stereocenters. The van der Waals surface area contributed by atoms with Crippen molar-refractivity contribution in [1.82, 2.24) is 5.32 Å². The molecule has 2 N–H and O–H groups in total. The second-order valence-electron chi connectivity index (χ2n) is 6.12. The van der Waals surface area contributed by atoms with E-state index in [1.54, 1.807) is 6.07 Å². The Morgan fingerprint density at radius 1 is 1.29 bits per heavy atom. The summed E-state index contributed by atoms with van der Waals surface area (Å²) < 4.78 is 0. The van der Waals surface area contributed by atoms with E-state index in [1.807, 2.05) is 12.1 Å². The molecule has 0 bridgehead atoms. The van der Waals surface area contributed by atoms with Gasteiger partial charge in [0.2, 0.25) is 0 Å². The van der Waals surface area contributed by atoms with Crippen LogP contribution in [-0.4, -0.2) is 28.7 Å². The molecule has 0 aliphatic heterocycles. The summed E-state index contributed by atoms with van der Waals surface area (Å²) in [5.41, 5.74) is 1.23. The van der Waals surface area contributed by atoms with E-state index in [0.717, 1.165) is 18.2 Å². The lowest BCUT2D eigenvalue weighted by molar-refractivity contribution is 0.473. The number of phenolic OH excluding ortho intramolecular Hbond substituents is 1. The third-order valence-electron chi connectivity index (χ3n) is 4.16. The van der Waals surface area contributed by atoms with Crippen LogP contribution < -0.4 is 5.32 Å². The SMILES string of the molecule is CCCNC(CSC1CCCCC1)Cc1cccc(O)c1. The summed E-state index contributed by atoms with van der Waals surface area (Å²) in [4.78, 5) is 0. The van der Waals surface area contributed by atoms with Gasteiger partial charge in [0.15, 0.2) is 0 Å². The maximum Gasteiger partial charge on any atom is 0.115 e. The van der Waals surface area contributed by atoms with Crippen LogP contribution in [0.15, 0.2) is 24.3 Å². The minimum atomic E-state index is 0.377. The van der Waals surface area contributed by atoms with Crippen LogP contribution in [0.5, 0.6) is 5.75 Å². The van der Waals surface area contributed by atoms with Crippen molar-refractivity contribution in [2.24, 2.45) is 0 Å². The van der Waals surface area contributed by atoms with Crippen LogP contribution >= 0.6 is 11.8 Å². The third-order valence-corrected chi connectivity index (χ3v) is 5.70. The molecule has 118 valence electrons. The van der Waals surface area contributed by atoms with Gasteiger partial charge in [0.05, 0.1) is 0 Å². The Morgan fingerprint density at radius 3 is 2.81 bits per heavy atom. The summed E-state index contributed by atoms with van der Waals surface area (Å²) in [5, 5.41) is 14.2. The minimum absolute atomic E-state index is 0.377. The lowest BCUT2D eigenvalue weighted by Gasteiger charge is -2.25. The molecule has 0 amide bonds. The zero-order chi connectivity index (χ0) is 14.9. The molecular weight excluding hydrogens is 278 g/mol. The molecule has 0 radical (unpaired) electrons. The summed E-state index contributed by atoms with van der Waals surface area (Å²) in [5.74, 6) is 1.56. The lowest BCUT2D eigenvalue weighted by atomic mass is 10.0. The highest BCUT2D eigenvalue weighted by Crippen LogP contribution is 2.29. The van der Waals surface area contributed by atoms with Crippen LogP contribution in [-0.2, 0) is 6.42 Å². The average molecular weight is 308 g/mol. The molecule has 2 nitrogen and oxygen atoms in total. The van der Waals surface area contributed by atoms with Crippen molar-refractivity contribution < 1.29 is 5.11 Å². The number of nitrogens with one attached hydrogen (secondary N) is 1. The van der Waals surface area contributed by atoms with E-state index in [4.69, 9.17) is 0 Å². The first-order chi connectivity index (χ1) is 10.3. The highest BCUT2D eigenvalue weighted by Gasteiger charge is 2.17. The van der Waals surface area contributed by atoms with Crippen molar-refractivity contribution in [2.75, 3.05) is 12.3 Å². The van der Waals surface area contributed by atoms with Gasteiger partial charge in [-0.1, -0.05) is 38.3 Å². The van der Waals surface area contributed by atoms with Crippen LogP contribution in [0.1, 0.15) is 51.0 Å². The number of hydrogen-bond donors (Lipinski definition) is 2. The van der Waals surface area contributed by atoms with Crippen LogP contribution in [0.4, 0.5) is 0 Å². The molecule has 1 aromatic carbocycles. The summed E-state index contributed by atoms with van der Waals surface area (Å²) in [6, 6.07) is 8.21. The molecule has 1 fully saturated rings. The highest BCUT2D eigenvalue weighted by atomic mass is 32.2. The summed E-state index contributed by atoms with van der Waals surface area (Å²) in [7, 11) is 0. The predicted molar refractivity (Wildman–Crippen MR) is 93.2 cm³/mol. The Labute approximate surface area is 133 Å². The fraction of sp³-hybridized carbons (Fsp3) is 0.667. The van der Waals surface area contributed by atoms with E-state index in [9.17, 15) is 5.11 Å². The number of phenols is 1. The Morgan fingerprint density at radius 2 is 2.10 bits per heavy atom. The minimum Gasteiger partial charge on any atom is -0.508 e. The molecule has 1 aliphatic carbocycles. The molecule has 2 rings (SSSR count). The van der Waals surface area contributed by atoms with E-state index in [2.05, 4.69) is 30.1 Å². The fourth-order valence-electron chi connectivity index (χ4n) is 2.99. The Bertz CT molecular complexity index is 404. The zero-order valence-corrected chi connectivity index (χ0v) is 14.0. The van der Waals surface area contributed by atoms with Crippen molar-refractivity contribution in [3.8, 4) is 5.75 Å². The molecule has 1 saturated carbocycles. The molecule has 0 saturated heterocycles. The fourth-order valence-corrected chi connectivity index (χ4v) is 4.40. The molecule has 0 aromatic heterocycles. The smallest absolute Gasteiger partial charge is 0.115 e. The van der Waals surface area contributed by atoms with Gasteiger partial charge in [0, 0.05) is 17.0 Å². The normalized spacial score (nSPS) is 17.8. The van der Waals surface area contributed by atoms with E-state index in [0.29, 0.717) is 11.8 Å². The first kappa shape index (κ1) is 16.7. The van der Waals surface area contributed by atoms with Crippen molar-refractivity contribution in [1.29, 1.82) is 0 Å². The number of rotatable bonds is 8. The maximum atomic E-state index is 9.61. The molecule has 0 heterocycles. The van der Waals surface area contributed by atoms with Crippen LogP contribution in [0.25, 0.3) is 0 Å². The molecule has 21 heavy (non-hydrogen) atoms. The second-order valence-corrected chi connectivity index (χ2v) is 7.45. The van der Waals surface area contributed by atoms with E-state index >= 15 is 0 Å². The third kappa shape index (κ3) is 6.31. The molecule has 3 heteroatoms.